The van der Waals surface area contributed by atoms with Crippen LogP contribution in [0.15, 0.2) is 22.9 Å². The normalized spacial score (nSPS) is 10.9. The molecule has 4 nitrogen and oxygen atoms in total. The van der Waals surface area contributed by atoms with Crippen molar-refractivity contribution in [1.82, 2.24) is 14.7 Å². The van der Waals surface area contributed by atoms with E-state index in [-0.39, 0.29) is 5.78 Å². The van der Waals surface area contributed by atoms with Crippen LogP contribution in [0.2, 0.25) is 0 Å². The minimum Gasteiger partial charge on any atom is -0.383 e. The zero-order chi connectivity index (χ0) is 11.4. The van der Waals surface area contributed by atoms with Crippen LogP contribution in [0, 0.1) is 0 Å². The summed E-state index contributed by atoms with van der Waals surface area (Å²) in [5, 5.41) is 4.16. The van der Waals surface area contributed by atoms with Gasteiger partial charge >= 0.3 is 0 Å². The van der Waals surface area contributed by atoms with Gasteiger partial charge in [0, 0.05) is 39.1 Å². The molecule has 0 radical (unpaired) electrons. The second-order valence-electron chi connectivity index (χ2n) is 3.32. The van der Waals surface area contributed by atoms with E-state index in [1.165, 1.54) is 6.08 Å². The summed E-state index contributed by atoms with van der Waals surface area (Å²) in [5.74, 6) is -0.0947. The van der Waals surface area contributed by atoms with Crippen LogP contribution < -0.4 is 0 Å². The maximum absolute atomic E-state index is 11.7. The van der Waals surface area contributed by atoms with Crippen LogP contribution in [0.1, 0.15) is 17.4 Å². The molecule has 0 amide bonds. The Bertz CT molecular complexity index is 382. The van der Waals surface area contributed by atoms with E-state index in [1.54, 1.807) is 17.1 Å². The van der Waals surface area contributed by atoms with Crippen molar-refractivity contribution < 1.29 is 4.79 Å². The number of halogens is 1. The highest BCUT2D eigenvalue weighted by atomic mass is 79.9. The Kier molecular flexibility index (Phi) is 4.08. The van der Waals surface area contributed by atoms with Crippen molar-refractivity contribution in [3.8, 4) is 0 Å². The molecule has 1 aromatic rings. The molecule has 1 heterocycles. The quantitative estimate of drug-likeness (QED) is 0.621. The standard InChI is InChI=1S/C10H14BrN3O/c1-4-14-7-8(11)10(12-14)9(15)5-6-13(2)3/h5-7H,4H2,1-3H3/b6-5+. The second kappa shape index (κ2) is 5.11. The molecule has 0 unspecified atom stereocenters. The molecule has 0 aromatic carbocycles. The van der Waals surface area contributed by atoms with Crippen molar-refractivity contribution in [3.05, 3.63) is 28.6 Å². The molecule has 0 aliphatic rings. The summed E-state index contributed by atoms with van der Waals surface area (Å²) in [4.78, 5) is 13.5. The van der Waals surface area contributed by atoms with Crippen molar-refractivity contribution in [2.45, 2.75) is 13.5 Å². The lowest BCUT2D eigenvalue weighted by Crippen LogP contribution is -2.04. The Morgan fingerprint density at radius 1 is 1.67 bits per heavy atom. The van der Waals surface area contributed by atoms with Gasteiger partial charge in [0.2, 0.25) is 5.78 Å². The number of allylic oxidation sites excluding steroid dienone is 1. The maximum Gasteiger partial charge on any atom is 0.208 e. The zero-order valence-electron chi connectivity index (χ0n) is 9.07. The third-order valence-corrected chi connectivity index (χ3v) is 2.38. The number of carbonyl (C=O) groups excluding carboxylic acids is 1. The van der Waals surface area contributed by atoms with Crippen LogP contribution in [0.4, 0.5) is 0 Å². The fourth-order valence-electron chi connectivity index (χ4n) is 1.02. The molecule has 1 aromatic heterocycles. The molecule has 0 bridgehead atoms. The highest BCUT2D eigenvalue weighted by molar-refractivity contribution is 9.10. The number of nitrogens with zero attached hydrogens (tertiary/aromatic N) is 3. The fraction of sp³-hybridized carbons (Fsp3) is 0.400. The number of carbonyl (C=O) groups is 1. The van der Waals surface area contributed by atoms with Crippen molar-refractivity contribution in [2.24, 2.45) is 0 Å². The van der Waals surface area contributed by atoms with E-state index in [2.05, 4.69) is 21.0 Å². The first-order chi connectivity index (χ1) is 7.04. The van der Waals surface area contributed by atoms with E-state index in [0.717, 1.165) is 11.0 Å². The highest BCUT2D eigenvalue weighted by Gasteiger charge is 2.11. The third-order valence-electron chi connectivity index (χ3n) is 1.80. The van der Waals surface area contributed by atoms with E-state index in [0.29, 0.717) is 5.69 Å². The van der Waals surface area contributed by atoms with Gasteiger partial charge < -0.3 is 4.90 Å². The molecule has 0 atom stereocenters. The van der Waals surface area contributed by atoms with Gasteiger partial charge in [-0.05, 0) is 22.9 Å². The monoisotopic (exact) mass is 271 g/mol. The summed E-state index contributed by atoms with van der Waals surface area (Å²) in [5.41, 5.74) is 0.454. The molecule has 0 fully saturated rings. The summed E-state index contributed by atoms with van der Waals surface area (Å²) >= 11 is 3.31. The Morgan fingerprint density at radius 3 is 2.80 bits per heavy atom. The lowest BCUT2D eigenvalue weighted by Gasteiger charge is -2.01. The van der Waals surface area contributed by atoms with Crippen LogP contribution in [-0.4, -0.2) is 34.6 Å². The average molecular weight is 272 g/mol. The van der Waals surface area contributed by atoms with Crippen LogP contribution in [-0.2, 0) is 6.54 Å². The minimum absolute atomic E-state index is 0.0947. The predicted octanol–water partition coefficient (Wildman–Crippen LogP) is 1.92. The van der Waals surface area contributed by atoms with Crippen LogP contribution >= 0.6 is 15.9 Å². The van der Waals surface area contributed by atoms with Gasteiger partial charge in [-0.2, -0.15) is 5.10 Å². The van der Waals surface area contributed by atoms with Crippen molar-refractivity contribution in [3.63, 3.8) is 0 Å². The Hall–Kier alpha value is -1.10. The van der Waals surface area contributed by atoms with Crippen molar-refractivity contribution >= 4 is 21.7 Å². The molecule has 5 heteroatoms. The highest BCUT2D eigenvalue weighted by Crippen LogP contribution is 2.15. The minimum atomic E-state index is -0.0947. The lowest BCUT2D eigenvalue weighted by atomic mass is 10.3. The first-order valence-electron chi connectivity index (χ1n) is 4.66. The molecule has 0 saturated heterocycles. The molecule has 1 rings (SSSR count). The molecule has 0 spiro atoms. The van der Waals surface area contributed by atoms with Gasteiger partial charge in [-0.3, -0.25) is 9.48 Å². The van der Waals surface area contributed by atoms with Gasteiger partial charge in [0.25, 0.3) is 0 Å². The summed E-state index contributed by atoms with van der Waals surface area (Å²) in [6, 6.07) is 0. The van der Waals surface area contributed by atoms with Gasteiger partial charge in [-0.1, -0.05) is 0 Å². The van der Waals surface area contributed by atoms with E-state index in [4.69, 9.17) is 0 Å². The average Bonchev–Trinajstić information content (AvgIpc) is 2.56. The van der Waals surface area contributed by atoms with E-state index in [1.807, 2.05) is 25.9 Å². The van der Waals surface area contributed by atoms with Gasteiger partial charge in [0.05, 0.1) is 4.47 Å². The number of rotatable bonds is 4. The largest absolute Gasteiger partial charge is 0.383 e. The topological polar surface area (TPSA) is 38.1 Å². The first kappa shape index (κ1) is 12.0. The molecule has 0 saturated carbocycles. The van der Waals surface area contributed by atoms with Gasteiger partial charge in [-0.15, -0.1) is 0 Å². The molecular formula is C10H14BrN3O. The fourth-order valence-corrected chi connectivity index (χ4v) is 1.53. The van der Waals surface area contributed by atoms with E-state index >= 15 is 0 Å². The summed E-state index contributed by atoms with van der Waals surface area (Å²) in [7, 11) is 3.73. The molecule has 15 heavy (non-hydrogen) atoms. The molecule has 0 aliphatic heterocycles. The smallest absolute Gasteiger partial charge is 0.208 e. The van der Waals surface area contributed by atoms with Crippen molar-refractivity contribution in [2.75, 3.05) is 14.1 Å². The summed E-state index contributed by atoms with van der Waals surface area (Å²) < 4.78 is 2.46. The Labute approximate surface area is 97.7 Å². The maximum atomic E-state index is 11.7. The number of aryl methyl sites for hydroxylation is 1. The van der Waals surface area contributed by atoms with E-state index in [9.17, 15) is 4.79 Å². The summed E-state index contributed by atoms with van der Waals surface area (Å²) in [6.07, 6.45) is 5.02. The number of ketones is 1. The predicted molar refractivity (Wildman–Crippen MR) is 62.8 cm³/mol. The molecule has 0 N–H and O–H groups in total. The number of hydrogen-bond donors (Lipinski definition) is 0. The molecule has 82 valence electrons. The van der Waals surface area contributed by atoms with Gasteiger partial charge in [-0.25, -0.2) is 0 Å². The molecular weight excluding hydrogens is 258 g/mol. The van der Waals surface area contributed by atoms with Crippen LogP contribution in [0.5, 0.6) is 0 Å². The SMILES string of the molecule is CCn1cc(Br)c(C(=O)/C=C/N(C)C)n1. The molecule has 0 aliphatic carbocycles. The third kappa shape index (κ3) is 3.20. The first-order valence-corrected chi connectivity index (χ1v) is 5.45. The number of hydrogen-bond acceptors (Lipinski definition) is 3. The lowest BCUT2D eigenvalue weighted by molar-refractivity contribution is 0.103. The summed E-state index contributed by atoms with van der Waals surface area (Å²) in [6.45, 7) is 2.73. The van der Waals surface area contributed by atoms with Crippen molar-refractivity contribution in [1.29, 1.82) is 0 Å². The van der Waals surface area contributed by atoms with E-state index < -0.39 is 0 Å². The van der Waals surface area contributed by atoms with Crippen LogP contribution in [0.25, 0.3) is 0 Å². The second-order valence-corrected chi connectivity index (χ2v) is 4.18. The zero-order valence-corrected chi connectivity index (χ0v) is 10.7. The van der Waals surface area contributed by atoms with Crippen LogP contribution in [0.3, 0.4) is 0 Å². The van der Waals surface area contributed by atoms with Gasteiger partial charge in [0.1, 0.15) is 5.69 Å². The number of aromatic nitrogens is 2. The van der Waals surface area contributed by atoms with Gasteiger partial charge in [0.15, 0.2) is 0 Å². The Balaban J connectivity index is 2.86. The Morgan fingerprint density at radius 2 is 2.33 bits per heavy atom.